The molecule has 3 N–H and O–H groups in total. The minimum Gasteiger partial charge on any atom is -0.398 e. The lowest BCUT2D eigenvalue weighted by atomic mass is 10.6. The maximum absolute atomic E-state index is 11.7. The Balaban J connectivity index is 2.35. The lowest BCUT2D eigenvalue weighted by Crippen LogP contribution is -2.28. The van der Waals surface area contributed by atoms with Gasteiger partial charge in [0.05, 0.1) is 6.61 Å². The Bertz CT molecular complexity index is 484. The fraction of sp³-hybridized carbons (Fsp3) is 0.500. The lowest BCUT2D eigenvalue weighted by Gasteiger charge is -2.08. The van der Waals surface area contributed by atoms with Crippen LogP contribution in [0.2, 0.25) is 0 Å². The van der Waals surface area contributed by atoms with Crippen molar-refractivity contribution < 1.29 is 26.3 Å². The van der Waals surface area contributed by atoms with Gasteiger partial charge in [-0.15, -0.1) is 11.3 Å². The summed E-state index contributed by atoms with van der Waals surface area (Å²) in [7, 11) is -3.73. The van der Waals surface area contributed by atoms with E-state index < -0.39 is 22.8 Å². The molecule has 0 bridgehead atoms. The molecule has 0 radical (unpaired) electrons. The Morgan fingerprint density at radius 3 is 2.61 bits per heavy atom. The van der Waals surface area contributed by atoms with E-state index in [2.05, 4.69) is 9.46 Å². The van der Waals surface area contributed by atoms with E-state index in [1.165, 1.54) is 11.4 Å². The van der Waals surface area contributed by atoms with Gasteiger partial charge in [0.1, 0.15) is 10.8 Å². The molecule has 1 aromatic heterocycles. The summed E-state index contributed by atoms with van der Waals surface area (Å²) in [6.07, 6.45) is -4.42. The second kappa shape index (κ2) is 5.87. The predicted octanol–water partition coefficient (Wildman–Crippen LogP) is 1.19. The number of nitrogens with one attached hydrogen (secondary N) is 1. The number of ether oxygens (including phenoxy) is 1. The van der Waals surface area contributed by atoms with Crippen LogP contribution >= 0.6 is 11.3 Å². The van der Waals surface area contributed by atoms with Gasteiger partial charge in [-0.05, 0) is 6.07 Å². The second-order valence-corrected chi connectivity index (χ2v) is 6.17. The van der Waals surface area contributed by atoms with Crippen molar-refractivity contribution in [2.45, 2.75) is 10.4 Å². The summed E-state index contributed by atoms with van der Waals surface area (Å²) in [6.45, 7) is -2.00. The Morgan fingerprint density at radius 2 is 2.11 bits per heavy atom. The van der Waals surface area contributed by atoms with Crippen LogP contribution in [0.3, 0.4) is 0 Å². The number of nitrogens with two attached hydrogens (primary N) is 1. The molecule has 18 heavy (non-hydrogen) atoms. The number of anilines is 1. The van der Waals surface area contributed by atoms with Crippen LogP contribution in [0.4, 0.5) is 18.9 Å². The third-order valence-electron chi connectivity index (χ3n) is 1.66. The molecule has 0 saturated heterocycles. The summed E-state index contributed by atoms with van der Waals surface area (Å²) in [5.41, 5.74) is 5.68. The van der Waals surface area contributed by atoms with Gasteiger partial charge in [0, 0.05) is 17.6 Å². The molecule has 1 rings (SSSR count). The fourth-order valence-electron chi connectivity index (χ4n) is 0.978. The highest BCUT2D eigenvalue weighted by Gasteiger charge is 2.27. The number of hydrogen-bond acceptors (Lipinski definition) is 5. The number of nitrogen functional groups attached to an aromatic ring is 1. The molecule has 10 heteroatoms. The molecule has 0 aliphatic heterocycles. The average Bonchev–Trinajstić information content (AvgIpc) is 2.63. The first-order chi connectivity index (χ1) is 8.21. The zero-order valence-corrected chi connectivity index (χ0v) is 10.7. The van der Waals surface area contributed by atoms with Crippen LogP contribution in [0.5, 0.6) is 0 Å². The van der Waals surface area contributed by atoms with Gasteiger partial charge in [-0.25, -0.2) is 13.1 Å². The van der Waals surface area contributed by atoms with Gasteiger partial charge in [-0.3, -0.25) is 0 Å². The molecule has 0 atom stereocenters. The van der Waals surface area contributed by atoms with E-state index in [1.54, 1.807) is 0 Å². The van der Waals surface area contributed by atoms with Gasteiger partial charge >= 0.3 is 6.18 Å². The average molecular weight is 304 g/mol. The first-order valence-electron chi connectivity index (χ1n) is 4.69. The molecule has 1 heterocycles. The Kier molecular flexibility index (Phi) is 4.96. The molecule has 0 fully saturated rings. The normalized spacial score (nSPS) is 12.8. The van der Waals surface area contributed by atoms with E-state index in [9.17, 15) is 21.6 Å². The van der Waals surface area contributed by atoms with E-state index in [1.807, 2.05) is 0 Å². The Labute approximate surface area is 106 Å². The minimum absolute atomic E-state index is 0.0100. The van der Waals surface area contributed by atoms with Crippen molar-refractivity contribution in [3.05, 3.63) is 11.4 Å². The molecule has 0 amide bonds. The summed E-state index contributed by atoms with van der Waals surface area (Å²) >= 11 is 0.928. The van der Waals surface area contributed by atoms with Crippen molar-refractivity contribution in [2.24, 2.45) is 0 Å². The van der Waals surface area contributed by atoms with E-state index in [4.69, 9.17) is 5.73 Å². The monoisotopic (exact) mass is 304 g/mol. The van der Waals surface area contributed by atoms with E-state index in [0.717, 1.165) is 11.3 Å². The molecule has 0 unspecified atom stereocenters. The van der Waals surface area contributed by atoms with Crippen LogP contribution in [-0.2, 0) is 14.8 Å². The third-order valence-corrected chi connectivity index (χ3v) is 4.58. The Hall–Kier alpha value is -0.840. The number of sulfonamides is 1. The summed E-state index contributed by atoms with van der Waals surface area (Å²) in [6, 6.07) is 1.27. The molecule has 0 aliphatic rings. The van der Waals surface area contributed by atoms with Crippen molar-refractivity contribution in [2.75, 3.05) is 25.5 Å². The second-order valence-electron chi connectivity index (χ2n) is 3.26. The minimum atomic E-state index is -4.42. The largest absolute Gasteiger partial charge is 0.411 e. The van der Waals surface area contributed by atoms with Crippen LogP contribution in [0, 0.1) is 0 Å². The number of halogens is 3. The molecule has 104 valence electrons. The van der Waals surface area contributed by atoms with E-state index >= 15 is 0 Å². The van der Waals surface area contributed by atoms with Crippen molar-refractivity contribution >= 4 is 27.0 Å². The molecular weight excluding hydrogens is 293 g/mol. The molecule has 0 aromatic carbocycles. The summed E-state index contributed by atoms with van der Waals surface area (Å²) < 4.78 is 64.7. The first kappa shape index (κ1) is 15.2. The zero-order valence-electron chi connectivity index (χ0n) is 9.03. The molecule has 1 aromatic rings. The quantitative estimate of drug-likeness (QED) is 0.774. The molecule has 0 aliphatic carbocycles. The predicted molar refractivity (Wildman–Crippen MR) is 60.8 cm³/mol. The standard InChI is InChI=1S/C8H11F3N2O3S2/c9-8(10,11)5-16-2-1-13-18(14,15)7-3-6(12)4-17-7/h3-4,13H,1-2,5,12H2. The summed E-state index contributed by atoms with van der Waals surface area (Å²) in [5.74, 6) is 0. The highest BCUT2D eigenvalue weighted by atomic mass is 32.2. The summed E-state index contributed by atoms with van der Waals surface area (Å²) in [5, 5.41) is 1.45. The van der Waals surface area contributed by atoms with Crippen molar-refractivity contribution in [1.29, 1.82) is 0 Å². The zero-order chi connectivity index (χ0) is 13.8. The smallest absolute Gasteiger partial charge is 0.398 e. The SMILES string of the molecule is Nc1csc(S(=O)(=O)NCCOCC(F)(F)F)c1. The van der Waals surface area contributed by atoms with Gasteiger partial charge in [0.15, 0.2) is 0 Å². The van der Waals surface area contributed by atoms with Crippen molar-refractivity contribution in [3.8, 4) is 0 Å². The van der Waals surface area contributed by atoms with Crippen LogP contribution in [0.1, 0.15) is 0 Å². The maximum atomic E-state index is 11.7. The number of hydrogen-bond donors (Lipinski definition) is 2. The third kappa shape index (κ3) is 5.21. The maximum Gasteiger partial charge on any atom is 0.411 e. The van der Waals surface area contributed by atoms with Crippen LogP contribution in [0.25, 0.3) is 0 Å². The molecule has 5 nitrogen and oxygen atoms in total. The molecule has 0 saturated carbocycles. The highest BCUT2D eigenvalue weighted by Crippen LogP contribution is 2.21. The van der Waals surface area contributed by atoms with Crippen LogP contribution in [-0.4, -0.2) is 34.4 Å². The van der Waals surface area contributed by atoms with E-state index in [-0.39, 0.29) is 17.4 Å². The van der Waals surface area contributed by atoms with Gasteiger partial charge in [0.25, 0.3) is 0 Å². The van der Waals surface area contributed by atoms with Crippen molar-refractivity contribution in [3.63, 3.8) is 0 Å². The van der Waals surface area contributed by atoms with Gasteiger partial charge in [-0.1, -0.05) is 0 Å². The molecular formula is C8H11F3N2O3S2. The number of alkyl halides is 3. The highest BCUT2D eigenvalue weighted by molar-refractivity contribution is 7.91. The fourth-order valence-corrected chi connectivity index (χ4v) is 3.12. The van der Waals surface area contributed by atoms with Gasteiger partial charge in [-0.2, -0.15) is 13.2 Å². The van der Waals surface area contributed by atoms with E-state index in [0.29, 0.717) is 5.69 Å². The van der Waals surface area contributed by atoms with Crippen LogP contribution < -0.4 is 10.5 Å². The first-order valence-corrected chi connectivity index (χ1v) is 7.05. The summed E-state index contributed by atoms with van der Waals surface area (Å²) in [4.78, 5) is 0. The van der Waals surface area contributed by atoms with Gasteiger partial charge in [0.2, 0.25) is 10.0 Å². The van der Waals surface area contributed by atoms with Crippen LogP contribution in [0.15, 0.2) is 15.7 Å². The lowest BCUT2D eigenvalue weighted by molar-refractivity contribution is -0.173. The molecule has 0 spiro atoms. The number of rotatable bonds is 6. The van der Waals surface area contributed by atoms with Crippen molar-refractivity contribution in [1.82, 2.24) is 4.72 Å². The Morgan fingerprint density at radius 1 is 1.44 bits per heavy atom. The topological polar surface area (TPSA) is 81.4 Å². The number of thiophene rings is 1. The van der Waals surface area contributed by atoms with Gasteiger partial charge < -0.3 is 10.5 Å².